The first-order valence-electron chi connectivity index (χ1n) is 8.36. The SMILES string of the molecule is O=C(Cc1c[nH]c2ccccc12)Nc1sc2c(c1C(=O)O)CCCC2. The molecule has 1 aliphatic carbocycles. The van der Waals surface area contributed by atoms with Gasteiger partial charge in [0.25, 0.3) is 0 Å². The van der Waals surface area contributed by atoms with Crippen molar-refractivity contribution in [2.24, 2.45) is 0 Å². The van der Waals surface area contributed by atoms with Gasteiger partial charge in [-0.1, -0.05) is 18.2 Å². The van der Waals surface area contributed by atoms with Crippen LogP contribution in [0.3, 0.4) is 0 Å². The Bertz CT molecular complexity index is 970. The number of benzene rings is 1. The van der Waals surface area contributed by atoms with Crippen LogP contribution < -0.4 is 5.32 Å². The fraction of sp³-hybridized carbons (Fsp3) is 0.263. The van der Waals surface area contributed by atoms with E-state index in [1.807, 2.05) is 30.5 Å². The maximum Gasteiger partial charge on any atom is 0.339 e. The molecule has 0 saturated carbocycles. The molecule has 0 atom stereocenters. The van der Waals surface area contributed by atoms with E-state index < -0.39 is 5.97 Å². The van der Waals surface area contributed by atoms with Crippen molar-refractivity contribution in [3.8, 4) is 0 Å². The summed E-state index contributed by atoms with van der Waals surface area (Å²) in [4.78, 5) is 28.4. The minimum Gasteiger partial charge on any atom is -0.478 e. The van der Waals surface area contributed by atoms with Gasteiger partial charge in [-0.05, 0) is 42.9 Å². The summed E-state index contributed by atoms with van der Waals surface area (Å²) in [6.07, 6.45) is 5.82. The molecule has 0 saturated heterocycles. The van der Waals surface area contributed by atoms with E-state index in [4.69, 9.17) is 0 Å². The van der Waals surface area contributed by atoms with Crippen molar-refractivity contribution in [1.29, 1.82) is 0 Å². The number of aryl methyl sites for hydroxylation is 1. The van der Waals surface area contributed by atoms with Crippen LogP contribution in [0, 0.1) is 0 Å². The van der Waals surface area contributed by atoms with Crippen LogP contribution >= 0.6 is 11.3 Å². The fourth-order valence-electron chi connectivity index (χ4n) is 3.50. The summed E-state index contributed by atoms with van der Waals surface area (Å²) in [5.41, 5.74) is 3.09. The number of aromatic nitrogens is 1. The predicted octanol–water partition coefficient (Wildman–Crippen LogP) is 3.99. The topological polar surface area (TPSA) is 82.2 Å². The number of nitrogens with one attached hydrogen (secondary N) is 2. The number of para-hydroxylation sites is 1. The van der Waals surface area contributed by atoms with Crippen molar-refractivity contribution in [1.82, 2.24) is 4.98 Å². The van der Waals surface area contributed by atoms with Crippen LogP contribution in [0.25, 0.3) is 10.9 Å². The summed E-state index contributed by atoms with van der Waals surface area (Å²) < 4.78 is 0. The molecule has 0 fully saturated rings. The molecule has 3 aromatic rings. The number of fused-ring (bicyclic) bond motifs is 2. The third-order valence-electron chi connectivity index (χ3n) is 4.66. The first-order valence-corrected chi connectivity index (χ1v) is 9.18. The molecule has 0 radical (unpaired) electrons. The summed E-state index contributed by atoms with van der Waals surface area (Å²) >= 11 is 1.41. The molecule has 1 amide bonds. The number of hydrogen-bond donors (Lipinski definition) is 3. The molecule has 25 heavy (non-hydrogen) atoms. The maximum absolute atomic E-state index is 12.5. The van der Waals surface area contributed by atoms with Crippen LogP contribution in [0.2, 0.25) is 0 Å². The first kappa shape index (κ1) is 15.9. The molecule has 128 valence electrons. The molecule has 3 N–H and O–H groups in total. The van der Waals surface area contributed by atoms with Gasteiger partial charge in [-0.3, -0.25) is 4.79 Å². The number of carboxylic acids is 1. The average Bonchev–Trinajstić information content (AvgIpc) is 3.16. The number of aromatic amines is 1. The van der Waals surface area contributed by atoms with E-state index in [2.05, 4.69) is 10.3 Å². The summed E-state index contributed by atoms with van der Waals surface area (Å²) in [7, 11) is 0. The minimum atomic E-state index is -0.957. The molecule has 6 heteroatoms. The molecule has 2 heterocycles. The molecule has 0 aliphatic heterocycles. The Morgan fingerprint density at radius 1 is 1.20 bits per heavy atom. The molecule has 1 aliphatic rings. The maximum atomic E-state index is 12.5. The lowest BCUT2D eigenvalue weighted by molar-refractivity contribution is -0.115. The van der Waals surface area contributed by atoms with Gasteiger partial charge in [-0.2, -0.15) is 0 Å². The Morgan fingerprint density at radius 2 is 2.00 bits per heavy atom. The monoisotopic (exact) mass is 354 g/mol. The van der Waals surface area contributed by atoms with Gasteiger partial charge in [0.05, 0.1) is 12.0 Å². The Kier molecular flexibility index (Phi) is 4.05. The van der Waals surface area contributed by atoms with Gasteiger partial charge >= 0.3 is 5.97 Å². The molecular weight excluding hydrogens is 336 g/mol. The van der Waals surface area contributed by atoms with Crippen molar-refractivity contribution in [3.63, 3.8) is 0 Å². The zero-order valence-corrected chi connectivity index (χ0v) is 14.4. The standard InChI is InChI=1S/C19H18N2O3S/c22-16(9-11-10-20-14-7-3-1-5-12(11)14)21-18-17(19(23)24)13-6-2-4-8-15(13)25-18/h1,3,5,7,10,20H,2,4,6,8-9H2,(H,21,22)(H,23,24). The fourth-order valence-corrected chi connectivity index (χ4v) is 4.80. The number of amides is 1. The van der Waals surface area contributed by atoms with Gasteiger partial charge in [-0.15, -0.1) is 11.3 Å². The lowest BCUT2D eigenvalue weighted by Crippen LogP contribution is -2.16. The molecular formula is C19H18N2O3S. The van der Waals surface area contributed by atoms with Gasteiger partial charge in [0.1, 0.15) is 5.00 Å². The molecule has 0 unspecified atom stereocenters. The van der Waals surface area contributed by atoms with E-state index in [0.29, 0.717) is 5.00 Å². The van der Waals surface area contributed by atoms with Gasteiger partial charge < -0.3 is 15.4 Å². The third-order valence-corrected chi connectivity index (χ3v) is 5.87. The van der Waals surface area contributed by atoms with Crippen molar-refractivity contribution < 1.29 is 14.7 Å². The van der Waals surface area contributed by atoms with E-state index in [-0.39, 0.29) is 17.9 Å². The highest BCUT2D eigenvalue weighted by atomic mass is 32.1. The second-order valence-electron chi connectivity index (χ2n) is 6.30. The lowest BCUT2D eigenvalue weighted by atomic mass is 9.95. The first-order chi connectivity index (χ1) is 12.1. The number of H-pyrrole nitrogens is 1. The Balaban J connectivity index is 1.59. The average molecular weight is 354 g/mol. The van der Waals surface area contributed by atoms with Crippen LogP contribution in [0.15, 0.2) is 30.5 Å². The Labute approximate surface area is 148 Å². The Morgan fingerprint density at radius 3 is 2.84 bits per heavy atom. The number of carbonyl (C=O) groups excluding carboxylic acids is 1. The quantitative estimate of drug-likeness (QED) is 0.662. The highest BCUT2D eigenvalue weighted by molar-refractivity contribution is 7.17. The van der Waals surface area contributed by atoms with Crippen molar-refractivity contribution in [3.05, 3.63) is 52.0 Å². The van der Waals surface area contributed by atoms with E-state index in [9.17, 15) is 14.7 Å². The predicted molar refractivity (Wildman–Crippen MR) is 98.6 cm³/mol. The van der Waals surface area contributed by atoms with Crippen molar-refractivity contribution in [2.45, 2.75) is 32.1 Å². The second-order valence-corrected chi connectivity index (χ2v) is 7.41. The summed E-state index contributed by atoms with van der Waals surface area (Å²) in [5, 5.41) is 13.9. The summed E-state index contributed by atoms with van der Waals surface area (Å²) in [6.45, 7) is 0. The second kappa shape index (κ2) is 6.37. The van der Waals surface area contributed by atoms with Crippen LogP contribution in [0.5, 0.6) is 0 Å². The summed E-state index contributed by atoms with van der Waals surface area (Å²) in [6, 6.07) is 7.82. The van der Waals surface area contributed by atoms with Crippen LogP contribution in [0.1, 0.15) is 39.2 Å². The molecule has 2 aromatic heterocycles. The number of aromatic carboxylic acids is 1. The van der Waals surface area contributed by atoms with Gasteiger partial charge in [-0.25, -0.2) is 4.79 Å². The number of carbonyl (C=O) groups is 2. The van der Waals surface area contributed by atoms with E-state index in [0.717, 1.165) is 52.6 Å². The third kappa shape index (κ3) is 2.93. The number of thiophene rings is 1. The molecule has 1 aromatic carbocycles. The Hall–Kier alpha value is -2.60. The van der Waals surface area contributed by atoms with E-state index in [1.165, 1.54) is 11.3 Å². The van der Waals surface area contributed by atoms with E-state index >= 15 is 0 Å². The van der Waals surface area contributed by atoms with Crippen LogP contribution in [-0.4, -0.2) is 22.0 Å². The lowest BCUT2D eigenvalue weighted by Gasteiger charge is -2.10. The molecule has 0 spiro atoms. The number of carboxylic acid groups (broad SMARTS) is 1. The zero-order valence-electron chi connectivity index (χ0n) is 13.6. The van der Waals surface area contributed by atoms with Gasteiger partial charge in [0.15, 0.2) is 0 Å². The number of rotatable bonds is 4. The molecule has 4 rings (SSSR count). The number of hydrogen-bond acceptors (Lipinski definition) is 3. The van der Waals surface area contributed by atoms with E-state index in [1.54, 1.807) is 0 Å². The molecule has 5 nitrogen and oxygen atoms in total. The largest absolute Gasteiger partial charge is 0.478 e. The van der Waals surface area contributed by atoms with Gasteiger partial charge in [0.2, 0.25) is 5.91 Å². The van der Waals surface area contributed by atoms with Crippen molar-refractivity contribution >= 4 is 39.1 Å². The van der Waals surface area contributed by atoms with Crippen LogP contribution in [0.4, 0.5) is 5.00 Å². The summed E-state index contributed by atoms with van der Waals surface area (Å²) in [5.74, 6) is -1.15. The molecule has 0 bridgehead atoms. The van der Waals surface area contributed by atoms with Crippen LogP contribution in [-0.2, 0) is 24.1 Å². The minimum absolute atomic E-state index is 0.189. The highest BCUT2D eigenvalue weighted by Crippen LogP contribution is 2.38. The number of anilines is 1. The zero-order chi connectivity index (χ0) is 17.4. The highest BCUT2D eigenvalue weighted by Gasteiger charge is 2.26. The van der Waals surface area contributed by atoms with Crippen molar-refractivity contribution in [2.75, 3.05) is 5.32 Å². The normalized spacial score (nSPS) is 13.6. The smallest absolute Gasteiger partial charge is 0.339 e. The van der Waals surface area contributed by atoms with Gasteiger partial charge in [0, 0.05) is 22.0 Å².